The zero-order valence-electron chi connectivity index (χ0n) is 16.4. The van der Waals surface area contributed by atoms with Crippen molar-refractivity contribution in [1.82, 2.24) is 9.97 Å². The van der Waals surface area contributed by atoms with Crippen LogP contribution in [0.15, 0.2) is 39.5 Å². The van der Waals surface area contributed by atoms with Crippen LogP contribution in [0.25, 0.3) is 33.1 Å². The molecule has 0 radical (unpaired) electrons. The van der Waals surface area contributed by atoms with Gasteiger partial charge in [0.2, 0.25) is 0 Å². The smallest absolute Gasteiger partial charge is 0.288 e. The molecule has 4 aromatic rings. The first kappa shape index (κ1) is 20.0. The molecule has 0 amide bonds. The summed E-state index contributed by atoms with van der Waals surface area (Å²) in [6.45, 7) is 0. The molecule has 0 atom stereocenters. The molecule has 158 valence electrons. The van der Waals surface area contributed by atoms with Gasteiger partial charge < -0.3 is 9.40 Å². The lowest BCUT2D eigenvalue weighted by atomic mass is 9.98. The van der Waals surface area contributed by atoms with E-state index in [9.17, 15) is 14.9 Å². The topological polar surface area (TPSA) is 102 Å². The molecule has 31 heavy (non-hydrogen) atoms. The van der Waals surface area contributed by atoms with Crippen molar-refractivity contribution in [2.75, 3.05) is 0 Å². The molecule has 1 aliphatic carbocycles. The second-order valence-electron chi connectivity index (χ2n) is 7.60. The number of hydrogen-bond donors (Lipinski definition) is 1. The lowest BCUT2D eigenvalue weighted by Crippen LogP contribution is -2.10. The molecule has 3 heterocycles. The van der Waals surface area contributed by atoms with Crippen LogP contribution in [-0.2, 0) is 12.8 Å². The summed E-state index contributed by atoms with van der Waals surface area (Å²) in [4.78, 5) is 33.1. The van der Waals surface area contributed by atoms with Crippen molar-refractivity contribution in [3.63, 3.8) is 0 Å². The van der Waals surface area contributed by atoms with Crippen molar-refractivity contribution < 1.29 is 9.34 Å². The number of aromatic amines is 1. The Morgan fingerprint density at radius 2 is 1.87 bits per heavy atom. The Labute approximate surface area is 185 Å². The van der Waals surface area contributed by atoms with Gasteiger partial charge in [-0.25, -0.2) is 4.98 Å². The van der Waals surface area contributed by atoms with Gasteiger partial charge in [-0.05, 0) is 55.5 Å². The van der Waals surface area contributed by atoms with Crippen LogP contribution in [0.1, 0.15) is 36.1 Å². The molecule has 0 aliphatic heterocycles. The van der Waals surface area contributed by atoms with Crippen LogP contribution in [0.5, 0.6) is 0 Å². The van der Waals surface area contributed by atoms with E-state index in [1.54, 1.807) is 29.5 Å². The van der Waals surface area contributed by atoms with Crippen LogP contribution in [0.2, 0.25) is 5.02 Å². The van der Waals surface area contributed by atoms with Gasteiger partial charge in [0.15, 0.2) is 11.6 Å². The van der Waals surface area contributed by atoms with Crippen LogP contribution in [-0.4, -0.2) is 14.9 Å². The van der Waals surface area contributed by atoms with E-state index in [0.29, 0.717) is 28.3 Å². The summed E-state index contributed by atoms with van der Waals surface area (Å²) in [5, 5.41) is 11.9. The third-order valence-corrected chi connectivity index (χ3v) is 7.10. The van der Waals surface area contributed by atoms with Gasteiger partial charge in [0.1, 0.15) is 15.6 Å². The maximum atomic E-state index is 12.9. The number of halogens is 1. The van der Waals surface area contributed by atoms with E-state index in [-0.39, 0.29) is 16.3 Å². The number of nitrogens with one attached hydrogen (secondary N) is 1. The number of hydrogen-bond acceptors (Lipinski definition) is 6. The quantitative estimate of drug-likeness (QED) is 0.295. The first-order chi connectivity index (χ1) is 15.0. The molecule has 1 N–H and O–H groups in total. The number of thiophene rings is 1. The molecule has 0 saturated heterocycles. The van der Waals surface area contributed by atoms with Crippen LogP contribution in [0.4, 0.5) is 5.69 Å². The lowest BCUT2D eigenvalue weighted by Gasteiger charge is -2.08. The maximum absolute atomic E-state index is 12.9. The average molecular weight is 456 g/mol. The third-order valence-electron chi connectivity index (χ3n) is 5.59. The largest absolute Gasteiger partial charge is 0.453 e. The predicted octanol–water partition coefficient (Wildman–Crippen LogP) is 6.13. The average Bonchev–Trinajstić information content (AvgIpc) is 3.33. The molecule has 1 aromatic carbocycles. The molecular weight excluding hydrogens is 438 g/mol. The third kappa shape index (κ3) is 3.66. The zero-order chi connectivity index (χ0) is 21.5. The fraction of sp³-hybridized carbons (Fsp3) is 0.273. The predicted molar refractivity (Wildman–Crippen MR) is 121 cm³/mol. The van der Waals surface area contributed by atoms with E-state index in [1.807, 2.05) is 0 Å². The van der Waals surface area contributed by atoms with Crippen molar-refractivity contribution in [2.24, 2.45) is 0 Å². The van der Waals surface area contributed by atoms with Crippen molar-refractivity contribution in [3.05, 3.63) is 66.3 Å². The lowest BCUT2D eigenvalue weighted by molar-refractivity contribution is -0.384. The zero-order valence-corrected chi connectivity index (χ0v) is 18.0. The second kappa shape index (κ2) is 7.94. The van der Waals surface area contributed by atoms with Gasteiger partial charge >= 0.3 is 0 Å². The Balaban J connectivity index is 1.55. The minimum Gasteiger partial charge on any atom is -0.453 e. The van der Waals surface area contributed by atoms with Crippen LogP contribution in [0, 0.1) is 10.1 Å². The summed E-state index contributed by atoms with van der Waals surface area (Å²) >= 11 is 7.49. The Hall–Kier alpha value is -2.97. The highest BCUT2D eigenvalue weighted by molar-refractivity contribution is 7.18. The van der Waals surface area contributed by atoms with Gasteiger partial charge in [-0.1, -0.05) is 24.4 Å². The highest BCUT2D eigenvalue weighted by Crippen LogP contribution is 2.35. The summed E-state index contributed by atoms with van der Waals surface area (Å²) in [5.74, 6) is 1.17. The van der Waals surface area contributed by atoms with Crippen LogP contribution >= 0.6 is 22.9 Å². The minimum absolute atomic E-state index is 0.0604. The number of furan rings is 1. The number of aromatic nitrogens is 2. The molecule has 0 bridgehead atoms. The summed E-state index contributed by atoms with van der Waals surface area (Å²) in [6, 6.07) is 7.87. The molecule has 9 heteroatoms. The number of fused-ring (bicyclic) bond motifs is 3. The molecule has 7 nitrogen and oxygen atoms in total. The van der Waals surface area contributed by atoms with E-state index in [2.05, 4.69) is 9.97 Å². The van der Waals surface area contributed by atoms with E-state index in [4.69, 9.17) is 16.0 Å². The Kier molecular flexibility index (Phi) is 5.11. The molecule has 0 spiro atoms. The minimum atomic E-state index is -0.536. The fourth-order valence-corrected chi connectivity index (χ4v) is 5.51. The van der Waals surface area contributed by atoms with Gasteiger partial charge in [0.05, 0.1) is 10.3 Å². The monoisotopic (exact) mass is 455 g/mol. The van der Waals surface area contributed by atoms with Crippen molar-refractivity contribution in [3.8, 4) is 22.9 Å². The van der Waals surface area contributed by atoms with E-state index in [1.165, 1.54) is 29.9 Å². The number of nitrogens with zero attached hydrogens (tertiary/aromatic N) is 2. The molecule has 1 aliphatic rings. The SMILES string of the molecule is O=c1[nH]c(-c2ccc(-c3ccc(Cl)c([N+](=O)[O-])c3)o2)nc2sc3c(c12)CCCCCC3. The molecule has 0 unspecified atom stereocenters. The van der Waals surface area contributed by atoms with Gasteiger partial charge in [-0.3, -0.25) is 14.9 Å². The van der Waals surface area contributed by atoms with Crippen molar-refractivity contribution in [1.29, 1.82) is 0 Å². The number of aryl methyl sites for hydroxylation is 2. The number of nitro groups is 1. The van der Waals surface area contributed by atoms with E-state index in [0.717, 1.165) is 36.1 Å². The molecule has 3 aromatic heterocycles. The van der Waals surface area contributed by atoms with Gasteiger partial charge in [0, 0.05) is 16.5 Å². The Morgan fingerprint density at radius 1 is 1.10 bits per heavy atom. The Morgan fingerprint density at radius 3 is 2.68 bits per heavy atom. The van der Waals surface area contributed by atoms with Crippen LogP contribution < -0.4 is 5.56 Å². The van der Waals surface area contributed by atoms with Crippen LogP contribution in [0.3, 0.4) is 0 Å². The second-order valence-corrected chi connectivity index (χ2v) is 9.09. The first-order valence-corrected chi connectivity index (χ1v) is 11.3. The summed E-state index contributed by atoms with van der Waals surface area (Å²) in [7, 11) is 0. The highest BCUT2D eigenvalue weighted by Gasteiger charge is 2.20. The highest BCUT2D eigenvalue weighted by atomic mass is 35.5. The summed E-state index contributed by atoms with van der Waals surface area (Å²) < 4.78 is 5.88. The summed E-state index contributed by atoms with van der Waals surface area (Å²) in [5.41, 5.74) is 1.32. The molecule has 5 rings (SSSR count). The van der Waals surface area contributed by atoms with Crippen molar-refractivity contribution in [2.45, 2.75) is 38.5 Å². The standard InChI is InChI=1S/C22H18ClN3O4S/c23-14-8-7-12(11-15(14)26(28)29)16-9-10-17(30-16)20-24-21(27)19-13-5-3-1-2-4-6-18(13)31-22(19)25-20/h7-11H,1-6H2,(H,24,25,27). The maximum Gasteiger partial charge on any atom is 0.288 e. The van der Waals surface area contributed by atoms with Gasteiger partial charge in [0.25, 0.3) is 11.2 Å². The first-order valence-electron chi connectivity index (χ1n) is 10.1. The van der Waals surface area contributed by atoms with Crippen molar-refractivity contribution >= 4 is 38.8 Å². The number of rotatable bonds is 3. The number of nitro benzene ring substituents is 1. The number of H-pyrrole nitrogens is 1. The Bertz CT molecular complexity index is 1370. The summed E-state index contributed by atoms with van der Waals surface area (Å²) in [6.07, 6.45) is 6.55. The normalized spacial score (nSPS) is 14.2. The molecular formula is C22H18ClN3O4S. The molecule has 0 saturated carbocycles. The van der Waals surface area contributed by atoms with E-state index < -0.39 is 4.92 Å². The van der Waals surface area contributed by atoms with E-state index >= 15 is 0 Å². The van der Waals surface area contributed by atoms with Gasteiger partial charge in [-0.2, -0.15) is 0 Å². The number of benzene rings is 1. The fourth-order valence-electron chi connectivity index (χ4n) is 4.06. The molecule has 0 fully saturated rings. The van der Waals surface area contributed by atoms with Gasteiger partial charge in [-0.15, -0.1) is 11.3 Å².